The van der Waals surface area contributed by atoms with E-state index in [2.05, 4.69) is 10.6 Å². The monoisotopic (exact) mass is 460 g/mol. The van der Waals surface area contributed by atoms with Gasteiger partial charge in [-0.3, -0.25) is 5.32 Å². The van der Waals surface area contributed by atoms with Gasteiger partial charge >= 0.3 is 6.09 Å². The summed E-state index contributed by atoms with van der Waals surface area (Å²) in [5, 5.41) is 6.48. The lowest BCUT2D eigenvalue weighted by Crippen LogP contribution is -2.61. The second-order valence-electron chi connectivity index (χ2n) is 9.57. The van der Waals surface area contributed by atoms with Crippen molar-refractivity contribution in [3.8, 4) is 11.5 Å². The zero-order valence-electron chi connectivity index (χ0n) is 19.8. The zero-order chi connectivity index (χ0) is 24.1. The molecule has 1 atom stereocenters. The highest BCUT2D eigenvalue weighted by Crippen LogP contribution is 2.35. The lowest BCUT2D eigenvalue weighted by Gasteiger charge is -2.42. The van der Waals surface area contributed by atoms with Gasteiger partial charge in [0.1, 0.15) is 11.4 Å². The number of ether oxygens (including phenoxy) is 2. The van der Waals surface area contributed by atoms with Gasteiger partial charge in [-0.15, -0.1) is 0 Å². The smallest absolute Gasteiger partial charge is 0.409 e. The number of amides is 1. The van der Waals surface area contributed by atoms with Gasteiger partial charge in [-0.05, 0) is 71.1 Å². The highest BCUT2D eigenvalue weighted by Gasteiger charge is 2.37. The average Bonchev–Trinajstić information content (AvgIpc) is 2.75. The molecule has 1 unspecified atom stereocenters. The number of hydrogen-bond donors (Lipinski definition) is 2. The first-order valence-corrected chi connectivity index (χ1v) is 11.6. The van der Waals surface area contributed by atoms with E-state index in [0.717, 1.165) is 19.3 Å². The molecule has 1 fully saturated rings. The largest absolute Gasteiger partial charge is 0.451 e. The molecule has 1 aliphatic carbocycles. The Bertz CT molecular complexity index is 939. The summed E-state index contributed by atoms with van der Waals surface area (Å²) in [7, 11) is 0. The fourth-order valence-electron chi connectivity index (χ4n) is 4.21. The molecule has 1 aliphatic rings. The number of hydrogen-bond acceptors (Lipinski definition) is 4. The van der Waals surface area contributed by atoms with Crippen LogP contribution in [-0.4, -0.2) is 17.4 Å². The first-order chi connectivity index (χ1) is 15.6. The quantitative estimate of drug-likeness (QED) is 0.438. The molecule has 1 saturated carbocycles. The van der Waals surface area contributed by atoms with Crippen LogP contribution in [0.15, 0.2) is 42.5 Å². The van der Waals surface area contributed by atoms with Gasteiger partial charge in [0.05, 0.1) is 5.66 Å². The molecule has 0 radical (unpaired) electrons. The van der Waals surface area contributed by atoms with E-state index in [-0.39, 0.29) is 0 Å². The Morgan fingerprint density at radius 2 is 1.73 bits per heavy atom. The van der Waals surface area contributed by atoms with E-state index in [1.54, 1.807) is 30.3 Å². The first-order valence-electron chi connectivity index (χ1n) is 11.6. The highest BCUT2D eigenvalue weighted by molar-refractivity contribution is 5.68. The van der Waals surface area contributed by atoms with E-state index >= 15 is 4.39 Å². The molecule has 0 heterocycles. The molecule has 1 amide bonds. The molecule has 0 saturated heterocycles. The standard InChI is InChI=1S/C26H34F2N2O3/c1-5-21(29-26(16-10-7-11-17-26)30-24(31)33-25(2,3)4)19-14-15-20(27)23(22(19)28)32-18-12-8-6-9-13-18/h6,8-9,12-15,21,29H,5,7,10-11,16-17H2,1-4H3,(H,30,31). The molecule has 0 spiro atoms. The van der Waals surface area contributed by atoms with Crippen LogP contribution in [0, 0.1) is 11.6 Å². The number of alkyl carbamates (subject to hydrolysis) is 1. The van der Waals surface area contributed by atoms with Crippen molar-refractivity contribution < 1.29 is 23.0 Å². The van der Waals surface area contributed by atoms with Crippen LogP contribution in [0.3, 0.4) is 0 Å². The molecule has 0 aliphatic heterocycles. The highest BCUT2D eigenvalue weighted by atomic mass is 19.1. The van der Waals surface area contributed by atoms with Crippen molar-refractivity contribution in [2.75, 3.05) is 0 Å². The Morgan fingerprint density at radius 3 is 2.33 bits per heavy atom. The van der Waals surface area contributed by atoms with Crippen LogP contribution in [0.5, 0.6) is 11.5 Å². The van der Waals surface area contributed by atoms with Crippen molar-refractivity contribution in [1.82, 2.24) is 10.6 Å². The predicted molar refractivity (Wildman–Crippen MR) is 124 cm³/mol. The van der Waals surface area contributed by atoms with Crippen molar-refractivity contribution >= 4 is 6.09 Å². The molecule has 33 heavy (non-hydrogen) atoms. The fraction of sp³-hybridized carbons (Fsp3) is 0.500. The maximum absolute atomic E-state index is 15.5. The molecule has 2 N–H and O–H groups in total. The molecular weight excluding hydrogens is 426 g/mol. The number of para-hydroxylation sites is 1. The van der Waals surface area contributed by atoms with Crippen LogP contribution >= 0.6 is 0 Å². The average molecular weight is 461 g/mol. The minimum atomic E-state index is -0.769. The minimum Gasteiger partial charge on any atom is -0.451 e. The predicted octanol–water partition coefficient (Wildman–Crippen LogP) is 6.98. The van der Waals surface area contributed by atoms with Crippen molar-refractivity contribution in [3.63, 3.8) is 0 Å². The minimum absolute atomic E-state index is 0.292. The topological polar surface area (TPSA) is 59.6 Å². The van der Waals surface area contributed by atoms with Gasteiger partial charge in [0.2, 0.25) is 0 Å². The molecule has 0 bridgehead atoms. The SMILES string of the molecule is CCC(NC1(NC(=O)OC(C)(C)C)CCCCC1)c1ccc(F)c(Oc2ccccc2)c1F. The molecule has 0 aromatic heterocycles. The van der Waals surface area contributed by atoms with Gasteiger partial charge in [0, 0.05) is 11.6 Å². The van der Waals surface area contributed by atoms with Crippen molar-refractivity contribution in [2.45, 2.75) is 83.5 Å². The van der Waals surface area contributed by atoms with Crippen molar-refractivity contribution in [1.29, 1.82) is 0 Å². The molecular formula is C26H34F2N2O3. The van der Waals surface area contributed by atoms with Crippen LogP contribution in [0.25, 0.3) is 0 Å². The number of halogens is 2. The van der Waals surface area contributed by atoms with Crippen LogP contribution < -0.4 is 15.4 Å². The summed E-state index contributed by atoms with van der Waals surface area (Å²) in [6.45, 7) is 7.35. The van der Waals surface area contributed by atoms with E-state index in [4.69, 9.17) is 9.47 Å². The Morgan fingerprint density at radius 1 is 1.06 bits per heavy atom. The molecule has 3 rings (SSSR count). The van der Waals surface area contributed by atoms with E-state index < -0.39 is 40.8 Å². The van der Waals surface area contributed by atoms with Crippen LogP contribution in [0.2, 0.25) is 0 Å². The van der Waals surface area contributed by atoms with Gasteiger partial charge in [-0.1, -0.05) is 37.6 Å². The summed E-state index contributed by atoms with van der Waals surface area (Å²) in [4.78, 5) is 12.6. The summed E-state index contributed by atoms with van der Waals surface area (Å²) < 4.78 is 41.0. The van der Waals surface area contributed by atoms with Crippen molar-refractivity contribution in [2.24, 2.45) is 0 Å². The number of rotatable bonds is 7. The molecule has 7 heteroatoms. The number of carbonyl (C=O) groups excluding carboxylic acids is 1. The lowest BCUT2D eigenvalue weighted by molar-refractivity contribution is 0.0368. The van der Waals surface area contributed by atoms with E-state index in [1.807, 2.05) is 27.7 Å². The van der Waals surface area contributed by atoms with Gasteiger partial charge in [-0.2, -0.15) is 0 Å². The zero-order valence-corrected chi connectivity index (χ0v) is 19.8. The maximum Gasteiger partial charge on any atom is 0.409 e. The van der Waals surface area contributed by atoms with Gasteiger partial charge in [0.25, 0.3) is 0 Å². The third-order valence-electron chi connectivity index (χ3n) is 5.72. The van der Waals surface area contributed by atoms with Crippen LogP contribution in [0.4, 0.5) is 13.6 Å². The summed E-state index contributed by atoms with van der Waals surface area (Å²) in [5.41, 5.74) is -1.07. The van der Waals surface area contributed by atoms with Gasteiger partial charge in [-0.25, -0.2) is 13.6 Å². The van der Waals surface area contributed by atoms with E-state index in [0.29, 0.717) is 30.6 Å². The Balaban J connectivity index is 1.87. The van der Waals surface area contributed by atoms with Crippen LogP contribution in [-0.2, 0) is 4.74 Å². The number of benzene rings is 2. The first kappa shape index (κ1) is 25.0. The molecule has 180 valence electrons. The molecule has 5 nitrogen and oxygen atoms in total. The Kier molecular flexibility index (Phi) is 7.95. The summed E-state index contributed by atoms with van der Waals surface area (Å²) in [5.74, 6) is -1.60. The second-order valence-corrected chi connectivity index (χ2v) is 9.57. The van der Waals surface area contributed by atoms with E-state index in [1.165, 1.54) is 12.1 Å². The third kappa shape index (κ3) is 6.67. The maximum atomic E-state index is 15.5. The van der Waals surface area contributed by atoms with Gasteiger partial charge in [0.15, 0.2) is 17.4 Å². The van der Waals surface area contributed by atoms with Gasteiger partial charge < -0.3 is 14.8 Å². The summed E-state index contributed by atoms with van der Waals surface area (Å²) >= 11 is 0. The normalized spacial score (nSPS) is 16.7. The molecule has 2 aromatic carbocycles. The summed E-state index contributed by atoms with van der Waals surface area (Å²) in [6.07, 6.45) is 4.32. The number of carbonyl (C=O) groups is 1. The third-order valence-corrected chi connectivity index (χ3v) is 5.72. The van der Waals surface area contributed by atoms with Crippen LogP contribution in [0.1, 0.15) is 77.8 Å². The molecule has 2 aromatic rings. The second kappa shape index (κ2) is 10.5. The fourth-order valence-corrected chi connectivity index (χ4v) is 4.21. The number of nitrogens with one attached hydrogen (secondary N) is 2. The Hall–Kier alpha value is -2.67. The van der Waals surface area contributed by atoms with Crippen molar-refractivity contribution in [3.05, 3.63) is 59.7 Å². The Labute approximate surface area is 194 Å². The summed E-state index contributed by atoms with van der Waals surface area (Å²) in [6, 6.07) is 10.8. The lowest BCUT2D eigenvalue weighted by atomic mass is 9.87. The van der Waals surface area contributed by atoms with E-state index in [9.17, 15) is 9.18 Å².